The van der Waals surface area contributed by atoms with Gasteiger partial charge in [-0.2, -0.15) is 0 Å². The fraction of sp³-hybridized carbons (Fsp3) is 0.200. The lowest BCUT2D eigenvalue weighted by molar-refractivity contribution is -0.123. The number of amides is 2. The fourth-order valence-electron chi connectivity index (χ4n) is 2.33. The molecule has 7 nitrogen and oxygen atoms in total. The topological polar surface area (TPSA) is 104 Å². The number of anilines is 2. The lowest BCUT2D eigenvalue weighted by Gasteiger charge is -2.14. The molecule has 1 unspecified atom stereocenters. The quantitative estimate of drug-likeness (QED) is 0.722. The number of benzene rings is 1. The largest absolute Gasteiger partial charge is 0.324 e. The van der Waals surface area contributed by atoms with Gasteiger partial charge >= 0.3 is 0 Å². The molecule has 2 amide bonds. The molecule has 0 saturated carbocycles. The standard InChI is InChI=1S/C15H15N3O4S2/c1-9(13-3-2-6-23-13)18-24(21,22)10-4-5-11-12(7-10)17-15(20)8-14(19)16-11/h2-7,9,18H,8H2,1H3,(H,16,19)(H,17,20). The van der Waals surface area contributed by atoms with E-state index in [0.29, 0.717) is 5.69 Å². The third-order valence-electron chi connectivity index (χ3n) is 3.47. The molecule has 1 aliphatic heterocycles. The maximum Gasteiger partial charge on any atom is 0.241 e. The van der Waals surface area contributed by atoms with E-state index in [-0.39, 0.29) is 23.0 Å². The van der Waals surface area contributed by atoms with Crippen LogP contribution in [0.4, 0.5) is 11.4 Å². The van der Waals surface area contributed by atoms with Gasteiger partial charge in [-0.15, -0.1) is 11.3 Å². The second-order valence-corrected chi connectivity index (χ2v) is 8.03. The molecule has 9 heteroatoms. The van der Waals surface area contributed by atoms with Crippen LogP contribution >= 0.6 is 11.3 Å². The highest BCUT2D eigenvalue weighted by atomic mass is 32.2. The van der Waals surface area contributed by atoms with Crippen molar-refractivity contribution in [3.8, 4) is 0 Å². The number of fused-ring (bicyclic) bond motifs is 1. The summed E-state index contributed by atoms with van der Waals surface area (Å²) in [6.45, 7) is 1.76. The number of rotatable bonds is 4. The van der Waals surface area contributed by atoms with Gasteiger partial charge in [0.15, 0.2) is 0 Å². The molecule has 1 aliphatic rings. The van der Waals surface area contributed by atoms with Crippen LogP contribution in [0.2, 0.25) is 0 Å². The van der Waals surface area contributed by atoms with E-state index in [1.54, 1.807) is 6.92 Å². The molecule has 1 aromatic heterocycles. The van der Waals surface area contributed by atoms with Crippen molar-refractivity contribution >= 4 is 44.5 Å². The molecule has 0 spiro atoms. The molecule has 3 N–H and O–H groups in total. The number of thiophene rings is 1. The number of hydrogen-bond donors (Lipinski definition) is 3. The molecular formula is C15H15N3O4S2. The minimum Gasteiger partial charge on any atom is -0.324 e. The molecule has 0 fully saturated rings. The Hall–Kier alpha value is -2.23. The Morgan fingerprint density at radius 1 is 1.12 bits per heavy atom. The van der Waals surface area contributed by atoms with Crippen LogP contribution in [0.25, 0.3) is 0 Å². The van der Waals surface area contributed by atoms with Crippen LogP contribution in [0.3, 0.4) is 0 Å². The molecule has 0 saturated heterocycles. The molecule has 1 aromatic carbocycles. The lowest BCUT2D eigenvalue weighted by Crippen LogP contribution is -2.26. The van der Waals surface area contributed by atoms with E-state index >= 15 is 0 Å². The van der Waals surface area contributed by atoms with Crippen molar-refractivity contribution < 1.29 is 18.0 Å². The van der Waals surface area contributed by atoms with Crippen molar-refractivity contribution in [1.82, 2.24) is 4.72 Å². The zero-order valence-electron chi connectivity index (χ0n) is 12.7. The second kappa shape index (κ2) is 6.34. The number of carbonyl (C=O) groups excluding carboxylic acids is 2. The average molecular weight is 365 g/mol. The van der Waals surface area contributed by atoms with E-state index in [2.05, 4.69) is 15.4 Å². The molecule has 3 rings (SSSR count). The van der Waals surface area contributed by atoms with Crippen LogP contribution in [-0.2, 0) is 19.6 Å². The van der Waals surface area contributed by atoms with Crippen molar-refractivity contribution in [1.29, 1.82) is 0 Å². The summed E-state index contributed by atoms with van der Waals surface area (Å²) >= 11 is 1.46. The highest BCUT2D eigenvalue weighted by Gasteiger charge is 2.23. The molecule has 1 atom stereocenters. The minimum absolute atomic E-state index is 0.0149. The number of sulfonamides is 1. The van der Waals surface area contributed by atoms with Crippen molar-refractivity contribution in [3.63, 3.8) is 0 Å². The van der Waals surface area contributed by atoms with Crippen LogP contribution < -0.4 is 15.4 Å². The first-order valence-electron chi connectivity index (χ1n) is 7.14. The zero-order valence-corrected chi connectivity index (χ0v) is 14.3. The van der Waals surface area contributed by atoms with E-state index in [9.17, 15) is 18.0 Å². The Kier molecular flexibility index (Phi) is 4.39. The summed E-state index contributed by atoms with van der Waals surface area (Å²) in [7, 11) is -3.77. The highest BCUT2D eigenvalue weighted by Crippen LogP contribution is 2.28. The summed E-state index contributed by atoms with van der Waals surface area (Å²) in [4.78, 5) is 24.0. The van der Waals surface area contributed by atoms with Crippen LogP contribution in [0.5, 0.6) is 0 Å². The highest BCUT2D eigenvalue weighted by molar-refractivity contribution is 7.89. The zero-order chi connectivity index (χ0) is 17.3. The predicted octanol–water partition coefficient (Wildman–Crippen LogP) is 2.07. The Bertz CT molecular complexity index is 891. The van der Waals surface area contributed by atoms with E-state index in [1.807, 2.05) is 17.5 Å². The van der Waals surface area contributed by atoms with Gasteiger partial charge in [0.05, 0.1) is 22.3 Å². The Balaban J connectivity index is 1.89. The van der Waals surface area contributed by atoms with Crippen molar-refractivity contribution in [2.24, 2.45) is 0 Å². The van der Waals surface area contributed by atoms with Crippen LogP contribution in [0.1, 0.15) is 24.3 Å². The molecule has 24 heavy (non-hydrogen) atoms. The normalized spacial score (nSPS) is 15.9. The van der Waals surface area contributed by atoms with Gasteiger partial charge in [0.1, 0.15) is 6.42 Å². The molecular weight excluding hydrogens is 350 g/mol. The number of hydrogen-bond acceptors (Lipinski definition) is 5. The van der Waals surface area contributed by atoms with E-state index in [4.69, 9.17) is 0 Å². The fourth-order valence-corrected chi connectivity index (χ4v) is 4.39. The SMILES string of the molecule is CC(NS(=O)(=O)c1ccc2c(c1)NC(=O)CC(=O)N2)c1cccs1. The first-order chi connectivity index (χ1) is 11.3. The minimum atomic E-state index is -3.77. The van der Waals surface area contributed by atoms with Crippen LogP contribution in [0, 0.1) is 0 Å². The summed E-state index contributed by atoms with van der Waals surface area (Å²) in [5, 5.41) is 6.97. The molecule has 126 valence electrons. The van der Waals surface area contributed by atoms with Crippen LogP contribution in [0.15, 0.2) is 40.6 Å². The molecule has 0 bridgehead atoms. The van der Waals surface area contributed by atoms with Gasteiger partial charge in [-0.3, -0.25) is 9.59 Å². The number of carbonyl (C=O) groups is 2. The predicted molar refractivity (Wildman–Crippen MR) is 91.4 cm³/mol. The summed E-state index contributed by atoms with van der Waals surface area (Å²) in [6.07, 6.45) is -0.301. The molecule has 2 aromatic rings. The lowest BCUT2D eigenvalue weighted by atomic mass is 10.2. The smallest absolute Gasteiger partial charge is 0.241 e. The monoisotopic (exact) mass is 365 g/mol. The van der Waals surface area contributed by atoms with Gasteiger partial charge in [-0.05, 0) is 36.6 Å². The average Bonchev–Trinajstić information content (AvgIpc) is 2.97. The Labute approximate surface area is 143 Å². The molecule has 2 heterocycles. The summed E-state index contributed by atoms with van der Waals surface area (Å²) in [6, 6.07) is 7.52. The van der Waals surface area contributed by atoms with E-state index in [0.717, 1.165) is 4.88 Å². The van der Waals surface area contributed by atoms with Gasteiger partial charge in [-0.25, -0.2) is 13.1 Å². The van der Waals surface area contributed by atoms with Crippen molar-refractivity contribution in [3.05, 3.63) is 40.6 Å². The Morgan fingerprint density at radius 3 is 2.50 bits per heavy atom. The first-order valence-corrected chi connectivity index (χ1v) is 9.51. The maximum atomic E-state index is 12.5. The third-order valence-corrected chi connectivity index (χ3v) is 6.07. The van der Waals surface area contributed by atoms with E-state index in [1.165, 1.54) is 29.5 Å². The van der Waals surface area contributed by atoms with Crippen molar-refractivity contribution in [2.75, 3.05) is 10.6 Å². The van der Waals surface area contributed by atoms with Gasteiger partial charge < -0.3 is 10.6 Å². The number of nitrogens with one attached hydrogen (secondary N) is 3. The van der Waals surface area contributed by atoms with E-state index < -0.39 is 21.8 Å². The second-order valence-electron chi connectivity index (χ2n) is 5.34. The Morgan fingerprint density at radius 2 is 1.83 bits per heavy atom. The molecule has 0 aliphatic carbocycles. The van der Waals surface area contributed by atoms with Crippen LogP contribution in [-0.4, -0.2) is 20.2 Å². The van der Waals surface area contributed by atoms with Gasteiger partial charge in [-0.1, -0.05) is 6.07 Å². The summed E-state index contributed by atoms with van der Waals surface area (Å²) in [5.74, 6) is -0.924. The van der Waals surface area contributed by atoms with Gasteiger partial charge in [0.2, 0.25) is 21.8 Å². The first kappa shape index (κ1) is 16.6. The van der Waals surface area contributed by atoms with Crippen molar-refractivity contribution in [2.45, 2.75) is 24.3 Å². The van der Waals surface area contributed by atoms with Gasteiger partial charge in [0, 0.05) is 4.88 Å². The third kappa shape index (κ3) is 3.48. The summed E-state index contributed by atoms with van der Waals surface area (Å²) in [5.41, 5.74) is 0.633. The summed E-state index contributed by atoms with van der Waals surface area (Å²) < 4.78 is 27.7. The molecule has 0 radical (unpaired) electrons. The maximum absolute atomic E-state index is 12.5. The van der Waals surface area contributed by atoms with Gasteiger partial charge in [0.25, 0.3) is 0 Å².